The average molecular weight is 364 g/mol. The number of allylic oxidation sites excluding steroid dienone is 1. The topological polar surface area (TPSA) is 44.4 Å². The Hall–Kier alpha value is -1.49. The Morgan fingerprint density at radius 3 is 2.71 bits per heavy atom. The molecular formula is C18H19Cl2N3O. The van der Waals surface area contributed by atoms with E-state index in [1.807, 2.05) is 37.3 Å². The van der Waals surface area contributed by atoms with Gasteiger partial charge in [0, 0.05) is 30.8 Å². The molecule has 1 aliphatic heterocycles. The molecule has 2 aliphatic carbocycles. The Kier molecular flexibility index (Phi) is 3.87. The first-order valence-electron chi connectivity index (χ1n) is 8.17. The first kappa shape index (κ1) is 16.0. The highest BCUT2D eigenvalue weighted by atomic mass is 35.5. The van der Waals surface area contributed by atoms with Crippen LogP contribution in [0.5, 0.6) is 0 Å². The van der Waals surface area contributed by atoms with Gasteiger partial charge in [0.15, 0.2) is 0 Å². The fourth-order valence-electron chi connectivity index (χ4n) is 4.34. The Morgan fingerprint density at radius 1 is 1.29 bits per heavy atom. The van der Waals surface area contributed by atoms with Crippen molar-refractivity contribution in [3.63, 3.8) is 0 Å². The van der Waals surface area contributed by atoms with Gasteiger partial charge in [-0.25, -0.2) is 5.43 Å². The Balaban J connectivity index is 1.68. The number of amides is 1. The van der Waals surface area contributed by atoms with E-state index in [2.05, 4.69) is 16.8 Å². The molecule has 2 bridgehead atoms. The zero-order valence-electron chi connectivity index (χ0n) is 13.6. The van der Waals surface area contributed by atoms with Crippen LogP contribution < -0.4 is 10.7 Å². The maximum atomic E-state index is 12.7. The minimum atomic E-state index is -0.0713. The number of anilines is 1. The predicted octanol–water partition coefficient (Wildman–Crippen LogP) is 4.01. The van der Waals surface area contributed by atoms with Crippen molar-refractivity contribution in [2.45, 2.75) is 37.6 Å². The van der Waals surface area contributed by atoms with Crippen molar-refractivity contribution in [1.29, 1.82) is 0 Å². The average Bonchev–Trinajstić information content (AvgIpc) is 3.19. The lowest BCUT2D eigenvalue weighted by Gasteiger charge is -2.19. The molecule has 0 spiro atoms. The summed E-state index contributed by atoms with van der Waals surface area (Å²) in [5.41, 5.74) is 8.32. The van der Waals surface area contributed by atoms with Gasteiger partial charge in [-0.2, -0.15) is 0 Å². The molecule has 0 saturated heterocycles. The molecule has 0 radical (unpaired) electrons. The van der Waals surface area contributed by atoms with E-state index < -0.39 is 0 Å². The van der Waals surface area contributed by atoms with E-state index in [1.54, 1.807) is 0 Å². The molecule has 24 heavy (non-hydrogen) atoms. The summed E-state index contributed by atoms with van der Waals surface area (Å²) in [5.74, 6) is 0.449. The lowest BCUT2D eigenvalue weighted by molar-refractivity contribution is -0.113. The molecule has 1 fully saturated rings. The Labute approximate surface area is 151 Å². The maximum absolute atomic E-state index is 12.7. The number of nitrogens with zero attached hydrogens (tertiary/aromatic N) is 1. The van der Waals surface area contributed by atoms with Crippen molar-refractivity contribution in [3.8, 4) is 0 Å². The zero-order valence-corrected chi connectivity index (χ0v) is 15.1. The summed E-state index contributed by atoms with van der Waals surface area (Å²) in [4.78, 5) is 12.7. The van der Waals surface area contributed by atoms with Gasteiger partial charge in [-0.3, -0.25) is 4.79 Å². The summed E-state index contributed by atoms with van der Waals surface area (Å²) in [6.07, 6.45) is 3.94. The van der Waals surface area contributed by atoms with Gasteiger partial charge >= 0.3 is 0 Å². The van der Waals surface area contributed by atoms with Crippen LogP contribution in [0.4, 0.5) is 5.69 Å². The maximum Gasteiger partial charge on any atom is 0.254 e. The lowest BCUT2D eigenvalue weighted by atomic mass is 9.90. The van der Waals surface area contributed by atoms with E-state index in [0.29, 0.717) is 10.4 Å². The van der Waals surface area contributed by atoms with E-state index >= 15 is 0 Å². The SMILES string of the molecule is CC1NN(C)C=C1C(=O)Nc1cccc2c1C1CCC2C1=C(Cl)Cl. The number of nitrogens with one attached hydrogen (secondary N) is 2. The van der Waals surface area contributed by atoms with Crippen LogP contribution in [0, 0.1) is 0 Å². The van der Waals surface area contributed by atoms with Gasteiger partial charge in [-0.1, -0.05) is 35.3 Å². The first-order chi connectivity index (χ1) is 11.5. The second-order valence-corrected chi connectivity index (χ2v) is 7.66. The van der Waals surface area contributed by atoms with Crippen LogP contribution in [0.3, 0.4) is 0 Å². The summed E-state index contributed by atoms with van der Waals surface area (Å²) in [6.45, 7) is 1.97. The molecule has 3 aliphatic rings. The standard InChI is InChI=1S/C18H19Cl2N3O/c1-9-13(8-23(2)22-9)18(24)21-14-5-3-4-10-11-6-7-12(15(10)14)16(11)17(19)20/h3-5,8-9,11-12,22H,6-7H2,1-2H3,(H,21,24). The van der Waals surface area contributed by atoms with Gasteiger partial charge in [0.2, 0.25) is 0 Å². The highest BCUT2D eigenvalue weighted by Crippen LogP contribution is 2.60. The van der Waals surface area contributed by atoms with Crippen molar-refractivity contribution in [2.24, 2.45) is 0 Å². The summed E-state index contributed by atoms with van der Waals surface area (Å²) < 4.78 is 0.383. The highest BCUT2D eigenvalue weighted by Gasteiger charge is 2.44. The third-order valence-electron chi connectivity index (χ3n) is 5.28. The van der Waals surface area contributed by atoms with Crippen molar-refractivity contribution < 1.29 is 4.79 Å². The van der Waals surface area contributed by atoms with E-state index in [0.717, 1.165) is 29.7 Å². The number of rotatable bonds is 2. The fourth-order valence-corrected chi connectivity index (χ4v) is 4.87. The van der Waals surface area contributed by atoms with Crippen LogP contribution in [0.25, 0.3) is 0 Å². The highest BCUT2D eigenvalue weighted by molar-refractivity contribution is 6.56. The number of halogens is 2. The first-order valence-corrected chi connectivity index (χ1v) is 8.93. The molecule has 126 valence electrons. The van der Waals surface area contributed by atoms with Crippen LogP contribution >= 0.6 is 23.2 Å². The van der Waals surface area contributed by atoms with E-state index in [9.17, 15) is 4.79 Å². The third-order valence-corrected chi connectivity index (χ3v) is 5.72. The third kappa shape index (κ3) is 2.36. The van der Waals surface area contributed by atoms with Gasteiger partial charge < -0.3 is 10.3 Å². The van der Waals surface area contributed by atoms with Gasteiger partial charge in [0.1, 0.15) is 4.49 Å². The minimum Gasteiger partial charge on any atom is -0.322 e. The van der Waals surface area contributed by atoms with Crippen molar-refractivity contribution in [3.05, 3.63) is 51.2 Å². The molecule has 6 heteroatoms. The molecule has 1 aromatic rings. The number of hydrazine groups is 1. The molecule has 1 heterocycles. The summed E-state index contributed by atoms with van der Waals surface area (Å²) >= 11 is 12.3. The van der Waals surface area contributed by atoms with Crippen LogP contribution in [-0.4, -0.2) is 24.0 Å². The smallest absolute Gasteiger partial charge is 0.254 e. The lowest BCUT2D eigenvalue weighted by Crippen LogP contribution is -2.33. The summed E-state index contributed by atoms with van der Waals surface area (Å²) in [5, 5.41) is 4.91. The van der Waals surface area contributed by atoms with Crippen molar-refractivity contribution >= 4 is 34.8 Å². The number of fused-ring (bicyclic) bond motifs is 5. The molecule has 3 unspecified atom stereocenters. The van der Waals surface area contributed by atoms with Gasteiger partial charge in [0.05, 0.1) is 11.6 Å². The molecule has 1 amide bonds. The number of hydrogen-bond acceptors (Lipinski definition) is 3. The molecule has 1 saturated carbocycles. The molecule has 0 aromatic heterocycles. The van der Waals surface area contributed by atoms with Crippen LogP contribution in [0.2, 0.25) is 0 Å². The fraction of sp³-hybridized carbons (Fsp3) is 0.389. The summed E-state index contributed by atoms with van der Waals surface area (Å²) in [6, 6.07) is 6.08. The van der Waals surface area contributed by atoms with Crippen molar-refractivity contribution in [1.82, 2.24) is 10.4 Å². The quantitative estimate of drug-likeness (QED) is 0.834. The van der Waals surface area contributed by atoms with Crippen LogP contribution in [0.15, 0.2) is 40.0 Å². The molecule has 2 N–H and O–H groups in total. The number of benzene rings is 1. The van der Waals surface area contributed by atoms with Crippen molar-refractivity contribution in [2.75, 3.05) is 12.4 Å². The predicted molar refractivity (Wildman–Crippen MR) is 97.0 cm³/mol. The van der Waals surface area contributed by atoms with Crippen LogP contribution in [-0.2, 0) is 4.79 Å². The number of hydrogen-bond donors (Lipinski definition) is 2. The Bertz CT molecular complexity index is 782. The van der Waals surface area contributed by atoms with E-state index in [-0.39, 0.29) is 17.9 Å². The van der Waals surface area contributed by atoms with Gasteiger partial charge in [-0.15, -0.1) is 0 Å². The van der Waals surface area contributed by atoms with E-state index in [4.69, 9.17) is 23.2 Å². The number of carbonyl (C=O) groups excluding carboxylic acids is 1. The van der Waals surface area contributed by atoms with Gasteiger partial charge in [0.25, 0.3) is 5.91 Å². The van der Waals surface area contributed by atoms with Crippen LogP contribution in [0.1, 0.15) is 42.7 Å². The van der Waals surface area contributed by atoms with E-state index in [1.165, 1.54) is 11.1 Å². The molecule has 4 nitrogen and oxygen atoms in total. The monoisotopic (exact) mass is 363 g/mol. The normalized spacial score (nSPS) is 27.3. The minimum absolute atomic E-state index is 0.00375. The zero-order chi connectivity index (χ0) is 17.0. The molecule has 1 aromatic carbocycles. The second-order valence-electron chi connectivity index (χ2n) is 6.71. The summed E-state index contributed by atoms with van der Waals surface area (Å²) in [7, 11) is 1.88. The number of carbonyl (C=O) groups is 1. The molecule has 4 rings (SSSR count). The van der Waals surface area contributed by atoms with Gasteiger partial charge in [-0.05, 0) is 42.5 Å². The molecular weight excluding hydrogens is 345 g/mol. The largest absolute Gasteiger partial charge is 0.322 e. The Morgan fingerprint density at radius 2 is 2.04 bits per heavy atom. The second kappa shape index (κ2) is 5.80. The molecule has 3 atom stereocenters.